The number of Topliss-reactive ketones (excluding diaryl/α,β-unsaturated/α-hetero) is 1. The van der Waals surface area contributed by atoms with E-state index in [1.165, 1.54) is 0 Å². The normalized spacial score (nSPS) is 37.9. The predicted octanol–water partition coefficient (Wildman–Crippen LogP) is 3.75. The van der Waals surface area contributed by atoms with Crippen LogP contribution in [0.4, 0.5) is 0 Å². The fraction of sp³-hybridized carbons (Fsp3) is 0.652. The van der Waals surface area contributed by atoms with Crippen LogP contribution in [0.15, 0.2) is 6.07 Å². The van der Waals surface area contributed by atoms with Gasteiger partial charge < -0.3 is 15.2 Å². The van der Waals surface area contributed by atoms with Gasteiger partial charge in [0.1, 0.15) is 22.9 Å². The minimum atomic E-state index is -0.450. The first-order valence-electron chi connectivity index (χ1n) is 10.5. The number of ketones is 1. The second-order valence-corrected chi connectivity index (χ2v) is 10.2. The van der Waals surface area contributed by atoms with Crippen LogP contribution in [0.2, 0.25) is 0 Å². The number of benzene rings is 1. The van der Waals surface area contributed by atoms with Crippen LogP contribution in [0.1, 0.15) is 74.9 Å². The van der Waals surface area contributed by atoms with E-state index in [1.54, 1.807) is 6.07 Å². The topological polar surface area (TPSA) is 75.6 Å². The fourth-order valence-corrected chi connectivity index (χ4v) is 7.00. The van der Waals surface area contributed by atoms with E-state index in [4.69, 9.17) is 4.74 Å². The van der Waals surface area contributed by atoms with Crippen LogP contribution in [-0.2, 0) is 17.8 Å². The standard InChI is InChI=1S/C23H29NO4/c1-12-5-6-17-21(2,3)18(26)7-8-22(17,4)23(12)10-14-16(25)9-13-15(19(14)28-23)11-24-20(13)27/h9,12,17,25H,5-8,10-11H2,1-4H3,(H,24,27)/t12-,17+,22+,23-/m1/s1. The van der Waals surface area contributed by atoms with E-state index in [0.29, 0.717) is 42.4 Å². The Bertz CT molecular complexity index is 920. The van der Waals surface area contributed by atoms with Gasteiger partial charge in [-0.05, 0) is 37.2 Å². The molecule has 5 nitrogen and oxygen atoms in total. The highest BCUT2D eigenvalue weighted by molar-refractivity contribution is 6.00. The van der Waals surface area contributed by atoms with Gasteiger partial charge in [0.2, 0.25) is 0 Å². The molecule has 1 spiro atoms. The number of fused-ring (bicyclic) bond motifs is 5. The van der Waals surface area contributed by atoms with Gasteiger partial charge in [-0.2, -0.15) is 0 Å². The van der Waals surface area contributed by atoms with E-state index >= 15 is 0 Å². The summed E-state index contributed by atoms with van der Waals surface area (Å²) >= 11 is 0. The molecule has 2 N–H and O–H groups in total. The number of hydrogen-bond acceptors (Lipinski definition) is 4. The van der Waals surface area contributed by atoms with Crippen LogP contribution in [0.5, 0.6) is 11.5 Å². The molecule has 2 saturated carbocycles. The number of ether oxygens (including phenoxy) is 1. The van der Waals surface area contributed by atoms with Crippen LogP contribution in [0.25, 0.3) is 0 Å². The third-order valence-electron chi connectivity index (χ3n) is 8.74. The Morgan fingerprint density at radius 2 is 1.93 bits per heavy atom. The van der Waals surface area contributed by atoms with Gasteiger partial charge in [-0.25, -0.2) is 0 Å². The van der Waals surface area contributed by atoms with E-state index in [1.807, 2.05) is 0 Å². The van der Waals surface area contributed by atoms with Crippen LogP contribution < -0.4 is 10.1 Å². The van der Waals surface area contributed by atoms with Crippen LogP contribution in [0.3, 0.4) is 0 Å². The maximum Gasteiger partial charge on any atom is 0.252 e. The van der Waals surface area contributed by atoms with Crippen molar-refractivity contribution in [3.63, 3.8) is 0 Å². The van der Waals surface area contributed by atoms with Gasteiger partial charge in [0, 0.05) is 41.3 Å². The first-order chi connectivity index (χ1) is 13.1. The van der Waals surface area contributed by atoms with Crippen molar-refractivity contribution in [2.45, 2.75) is 71.9 Å². The van der Waals surface area contributed by atoms with Crippen molar-refractivity contribution < 1.29 is 19.4 Å². The van der Waals surface area contributed by atoms with Crippen molar-refractivity contribution in [1.29, 1.82) is 0 Å². The summed E-state index contributed by atoms with van der Waals surface area (Å²) in [7, 11) is 0. The van der Waals surface area contributed by atoms with Gasteiger partial charge in [-0.15, -0.1) is 0 Å². The SMILES string of the molecule is C[C@@H]1CC[C@H]2C(C)(C)C(=O)CC[C@]2(C)[C@@]12Cc1c(O)cc3c(c1O2)CNC3=O. The van der Waals surface area contributed by atoms with Crippen molar-refractivity contribution in [3.8, 4) is 11.5 Å². The summed E-state index contributed by atoms with van der Waals surface area (Å²) < 4.78 is 6.86. The maximum atomic E-state index is 12.7. The number of phenolic OH excluding ortho intramolecular Hbond substituents is 1. The third kappa shape index (κ3) is 1.93. The summed E-state index contributed by atoms with van der Waals surface area (Å²) in [5.41, 5.74) is 1.26. The molecule has 5 heteroatoms. The Hall–Kier alpha value is -2.04. The van der Waals surface area contributed by atoms with Gasteiger partial charge in [0.05, 0.1) is 5.56 Å². The van der Waals surface area contributed by atoms with Gasteiger partial charge in [-0.3, -0.25) is 9.59 Å². The highest BCUT2D eigenvalue weighted by Gasteiger charge is 2.67. The molecule has 150 valence electrons. The zero-order valence-corrected chi connectivity index (χ0v) is 17.1. The molecule has 4 aliphatic rings. The monoisotopic (exact) mass is 383 g/mol. The molecule has 2 fully saturated rings. The van der Waals surface area contributed by atoms with Crippen molar-refractivity contribution >= 4 is 11.7 Å². The summed E-state index contributed by atoms with van der Waals surface area (Å²) in [6.45, 7) is 9.19. The maximum absolute atomic E-state index is 12.7. The molecule has 0 saturated heterocycles. The molecular formula is C23H29NO4. The number of carbonyl (C=O) groups excluding carboxylic acids is 2. The Kier molecular flexibility index (Phi) is 3.42. The average molecular weight is 383 g/mol. The zero-order valence-electron chi connectivity index (χ0n) is 17.1. The molecule has 4 atom stereocenters. The molecular weight excluding hydrogens is 354 g/mol. The first kappa shape index (κ1) is 18.0. The number of rotatable bonds is 0. The third-order valence-corrected chi connectivity index (χ3v) is 8.74. The van der Waals surface area contributed by atoms with Gasteiger partial charge >= 0.3 is 0 Å². The van der Waals surface area contributed by atoms with Gasteiger partial charge in [0.25, 0.3) is 5.91 Å². The number of phenols is 1. The molecule has 0 radical (unpaired) electrons. The average Bonchev–Trinajstić information content (AvgIpc) is 3.20. The van der Waals surface area contributed by atoms with Crippen molar-refractivity contribution in [2.24, 2.45) is 22.7 Å². The summed E-state index contributed by atoms with van der Waals surface area (Å²) in [6, 6.07) is 1.60. The quantitative estimate of drug-likeness (QED) is 0.715. The highest BCUT2D eigenvalue weighted by atomic mass is 16.5. The lowest BCUT2D eigenvalue weighted by Gasteiger charge is -2.62. The zero-order chi connectivity index (χ0) is 20.1. The molecule has 2 heterocycles. The summed E-state index contributed by atoms with van der Waals surface area (Å²) in [4.78, 5) is 24.9. The van der Waals surface area contributed by atoms with E-state index in [2.05, 4.69) is 33.0 Å². The molecule has 2 aliphatic heterocycles. The fourth-order valence-electron chi connectivity index (χ4n) is 7.00. The molecule has 1 amide bonds. The Morgan fingerprint density at radius 1 is 1.18 bits per heavy atom. The van der Waals surface area contributed by atoms with E-state index < -0.39 is 5.60 Å². The van der Waals surface area contributed by atoms with Crippen molar-refractivity contribution in [3.05, 3.63) is 22.8 Å². The highest BCUT2D eigenvalue weighted by Crippen LogP contribution is 2.66. The Balaban J connectivity index is 1.66. The largest absolute Gasteiger partial charge is 0.508 e. The second-order valence-electron chi connectivity index (χ2n) is 10.2. The molecule has 0 aromatic heterocycles. The Labute approximate surface area is 165 Å². The van der Waals surface area contributed by atoms with Gasteiger partial charge in [0.15, 0.2) is 0 Å². The summed E-state index contributed by atoms with van der Waals surface area (Å²) in [6.07, 6.45) is 4.08. The first-order valence-corrected chi connectivity index (χ1v) is 10.5. The summed E-state index contributed by atoms with van der Waals surface area (Å²) in [5, 5.41) is 13.6. The molecule has 0 bridgehead atoms. The van der Waals surface area contributed by atoms with E-state index in [0.717, 1.165) is 30.4 Å². The lowest BCUT2D eigenvalue weighted by molar-refractivity contribution is -0.188. The number of nitrogens with one attached hydrogen (secondary N) is 1. The van der Waals surface area contributed by atoms with Crippen molar-refractivity contribution in [1.82, 2.24) is 5.32 Å². The van der Waals surface area contributed by atoms with Crippen molar-refractivity contribution in [2.75, 3.05) is 0 Å². The minimum absolute atomic E-state index is 0.150. The molecule has 1 aromatic rings. The Morgan fingerprint density at radius 3 is 2.68 bits per heavy atom. The lowest BCUT2D eigenvalue weighted by atomic mass is 9.44. The van der Waals surface area contributed by atoms with Crippen LogP contribution in [-0.4, -0.2) is 22.4 Å². The van der Waals surface area contributed by atoms with Crippen LogP contribution >= 0.6 is 0 Å². The van der Waals surface area contributed by atoms with Gasteiger partial charge in [-0.1, -0.05) is 27.7 Å². The number of aromatic hydroxyl groups is 1. The number of carbonyl (C=O) groups is 2. The van der Waals surface area contributed by atoms with Crippen LogP contribution in [0, 0.1) is 22.7 Å². The smallest absolute Gasteiger partial charge is 0.252 e. The molecule has 5 rings (SSSR count). The summed E-state index contributed by atoms with van der Waals surface area (Å²) in [5.74, 6) is 1.63. The second kappa shape index (κ2) is 5.31. The number of hydrogen-bond donors (Lipinski definition) is 2. The van der Waals surface area contributed by atoms with E-state index in [-0.39, 0.29) is 28.4 Å². The van der Waals surface area contributed by atoms with E-state index in [9.17, 15) is 14.7 Å². The minimum Gasteiger partial charge on any atom is -0.508 e. The predicted molar refractivity (Wildman–Crippen MR) is 104 cm³/mol. The molecule has 1 aromatic carbocycles. The number of amides is 1. The molecule has 2 aliphatic carbocycles. The lowest BCUT2D eigenvalue weighted by Crippen LogP contribution is -2.66. The molecule has 28 heavy (non-hydrogen) atoms. The molecule has 0 unspecified atom stereocenters.